The molecular weight excluding hydrogens is 376 g/mol. The first kappa shape index (κ1) is 18.3. The number of hydrogen-bond acceptors (Lipinski definition) is 5. The molecule has 6 nitrogen and oxygen atoms in total. The van der Waals surface area contributed by atoms with Gasteiger partial charge in [-0.15, -0.1) is 0 Å². The number of urea groups is 1. The lowest BCUT2D eigenvalue weighted by Gasteiger charge is -2.28. The van der Waals surface area contributed by atoms with E-state index in [4.69, 9.17) is 16.0 Å². The second-order valence-electron chi connectivity index (χ2n) is 5.64. The minimum absolute atomic E-state index is 0.113. The zero-order valence-corrected chi connectivity index (χ0v) is 15.6. The summed E-state index contributed by atoms with van der Waals surface area (Å²) < 4.78 is 5.66. The molecule has 3 rings (SSSR count). The summed E-state index contributed by atoms with van der Waals surface area (Å²) in [6.45, 7) is 0. The minimum atomic E-state index is -0.657. The Balaban J connectivity index is 1.73. The maximum atomic E-state index is 12.2. The largest absolute Gasteiger partial charge is 0.450 e. The lowest BCUT2D eigenvalue weighted by molar-refractivity contribution is -0.134. The number of amides is 4. The molecule has 2 heterocycles. The van der Waals surface area contributed by atoms with Gasteiger partial charge in [-0.2, -0.15) is 0 Å². The third-order valence-electron chi connectivity index (χ3n) is 3.83. The number of hydrogen-bond donors (Lipinski definition) is 0. The number of imide groups is 2. The third-order valence-corrected chi connectivity index (χ3v) is 5.06. The van der Waals surface area contributed by atoms with E-state index in [9.17, 15) is 14.4 Å². The van der Waals surface area contributed by atoms with Crippen LogP contribution in [0.2, 0.25) is 5.02 Å². The van der Waals surface area contributed by atoms with Crippen molar-refractivity contribution in [2.75, 3.05) is 14.1 Å². The van der Waals surface area contributed by atoms with Crippen molar-refractivity contribution in [3.05, 3.63) is 58.3 Å². The zero-order valence-electron chi connectivity index (χ0n) is 14.1. The van der Waals surface area contributed by atoms with E-state index in [2.05, 4.69) is 0 Å². The van der Waals surface area contributed by atoms with Crippen LogP contribution in [0.3, 0.4) is 0 Å². The molecule has 1 aromatic carbocycles. The Kier molecular flexibility index (Phi) is 5.20. The van der Waals surface area contributed by atoms with Crippen molar-refractivity contribution in [3.63, 3.8) is 0 Å². The van der Waals surface area contributed by atoms with Gasteiger partial charge in [0.2, 0.25) is 0 Å². The highest BCUT2D eigenvalue weighted by Crippen LogP contribution is 2.27. The van der Waals surface area contributed by atoms with Crippen LogP contribution in [0.25, 0.3) is 6.08 Å². The number of carbonyl (C=O) groups excluding carboxylic acids is 3. The molecule has 0 atom stereocenters. The van der Waals surface area contributed by atoms with E-state index in [0.29, 0.717) is 21.6 Å². The second-order valence-corrected chi connectivity index (χ2v) is 7.06. The van der Waals surface area contributed by atoms with Crippen LogP contribution in [0.15, 0.2) is 51.5 Å². The molecule has 0 spiro atoms. The number of barbiturate groups is 1. The van der Waals surface area contributed by atoms with E-state index in [1.54, 1.807) is 12.1 Å². The van der Waals surface area contributed by atoms with E-state index in [0.717, 1.165) is 15.4 Å². The fourth-order valence-electron chi connectivity index (χ4n) is 2.34. The molecule has 0 aliphatic carbocycles. The monoisotopic (exact) mass is 390 g/mol. The molecule has 0 bridgehead atoms. The lowest BCUT2D eigenvalue weighted by atomic mass is 10.1. The van der Waals surface area contributed by atoms with Gasteiger partial charge in [0.1, 0.15) is 11.3 Å². The molecule has 2 aromatic rings. The number of rotatable bonds is 4. The Bertz CT molecular complexity index is 878. The van der Waals surface area contributed by atoms with Gasteiger partial charge in [0.15, 0.2) is 5.09 Å². The Hall–Kier alpha value is -2.51. The summed E-state index contributed by atoms with van der Waals surface area (Å²) in [6, 6.07) is 10.3. The quantitative estimate of drug-likeness (QED) is 0.452. The zero-order chi connectivity index (χ0) is 18.8. The molecule has 1 saturated heterocycles. The fourth-order valence-corrected chi connectivity index (χ4v) is 3.29. The van der Waals surface area contributed by atoms with E-state index >= 15 is 0 Å². The summed E-state index contributed by atoms with van der Waals surface area (Å²) in [6.07, 6.45) is 1.36. The van der Waals surface area contributed by atoms with Crippen LogP contribution in [0.1, 0.15) is 11.3 Å². The van der Waals surface area contributed by atoms with Gasteiger partial charge >= 0.3 is 6.03 Å². The summed E-state index contributed by atoms with van der Waals surface area (Å²) in [7, 11) is 2.66. The Morgan fingerprint density at radius 1 is 1.00 bits per heavy atom. The number of carbonyl (C=O) groups is 3. The second kappa shape index (κ2) is 7.39. The minimum Gasteiger partial charge on any atom is -0.450 e. The molecule has 0 unspecified atom stereocenters. The van der Waals surface area contributed by atoms with Gasteiger partial charge < -0.3 is 4.42 Å². The van der Waals surface area contributed by atoms with Crippen LogP contribution < -0.4 is 0 Å². The highest BCUT2D eigenvalue weighted by atomic mass is 35.5. The average Bonchev–Trinajstić information content (AvgIpc) is 3.09. The van der Waals surface area contributed by atoms with Gasteiger partial charge in [-0.05, 0) is 35.9 Å². The third kappa shape index (κ3) is 3.68. The molecule has 134 valence electrons. The van der Waals surface area contributed by atoms with Gasteiger partial charge in [-0.1, -0.05) is 35.5 Å². The average molecular weight is 391 g/mol. The van der Waals surface area contributed by atoms with Crippen molar-refractivity contribution in [1.82, 2.24) is 9.80 Å². The van der Waals surface area contributed by atoms with Gasteiger partial charge in [0.25, 0.3) is 11.8 Å². The molecule has 0 saturated carbocycles. The predicted molar refractivity (Wildman–Crippen MR) is 98.6 cm³/mol. The van der Waals surface area contributed by atoms with Crippen molar-refractivity contribution in [2.24, 2.45) is 0 Å². The summed E-state index contributed by atoms with van der Waals surface area (Å²) in [5.41, 5.74) is 0.980. The van der Waals surface area contributed by atoms with Crippen LogP contribution in [-0.2, 0) is 15.3 Å². The maximum Gasteiger partial charge on any atom is 0.333 e. The first-order chi connectivity index (χ1) is 12.4. The Morgan fingerprint density at radius 3 is 2.23 bits per heavy atom. The van der Waals surface area contributed by atoms with Crippen LogP contribution in [0.5, 0.6) is 0 Å². The van der Waals surface area contributed by atoms with Crippen molar-refractivity contribution in [2.45, 2.75) is 10.8 Å². The Labute approximate surface area is 159 Å². The number of likely N-dealkylation sites (N-methyl/N-ethyl adjacent to an activating group) is 2. The smallest absolute Gasteiger partial charge is 0.333 e. The van der Waals surface area contributed by atoms with Gasteiger partial charge in [0, 0.05) is 24.9 Å². The van der Waals surface area contributed by atoms with E-state index in [-0.39, 0.29) is 5.57 Å². The topological polar surface area (TPSA) is 70.8 Å². The van der Waals surface area contributed by atoms with E-state index in [1.807, 2.05) is 24.3 Å². The van der Waals surface area contributed by atoms with E-state index in [1.165, 1.54) is 31.9 Å². The number of halogens is 1. The summed E-state index contributed by atoms with van der Waals surface area (Å²) in [4.78, 5) is 37.9. The first-order valence-electron chi connectivity index (χ1n) is 7.65. The summed E-state index contributed by atoms with van der Waals surface area (Å²) in [5, 5.41) is 1.33. The van der Waals surface area contributed by atoms with Crippen molar-refractivity contribution in [3.8, 4) is 0 Å². The normalized spacial score (nSPS) is 15.0. The summed E-state index contributed by atoms with van der Waals surface area (Å²) >= 11 is 7.34. The Morgan fingerprint density at radius 2 is 1.62 bits per heavy atom. The number of nitrogens with zero attached hydrogens (tertiary/aromatic N) is 2. The lowest BCUT2D eigenvalue weighted by Crippen LogP contribution is -2.52. The molecule has 1 fully saturated rings. The molecule has 1 aliphatic rings. The molecule has 26 heavy (non-hydrogen) atoms. The predicted octanol–water partition coefficient (Wildman–Crippen LogP) is 3.66. The fraction of sp³-hybridized carbons (Fsp3) is 0.167. The SMILES string of the molecule is CN1C(=O)C(=Cc2ccc(SCc3ccc(Cl)cc3)o2)C(=O)N(C)C1=O. The van der Waals surface area contributed by atoms with Gasteiger partial charge in [0.05, 0.1) is 0 Å². The van der Waals surface area contributed by atoms with Gasteiger partial charge in [-0.25, -0.2) is 4.79 Å². The summed E-state index contributed by atoms with van der Waals surface area (Å²) in [5.74, 6) is -0.232. The molecule has 1 aromatic heterocycles. The number of furan rings is 1. The number of thioether (sulfide) groups is 1. The highest BCUT2D eigenvalue weighted by molar-refractivity contribution is 7.98. The molecule has 0 radical (unpaired) electrons. The molecule has 0 N–H and O–H groups in total. The number of benzene rings is 1. The highest BCUT2D eigenvalue weighted by Gasteiger charge is 2.38. The van der Waals surface area contributed by atoms with Crippen LogP contribution in [0.4, 0.5) is 4.79 Å². The maximum absolute atomic E-state index is 12.2. The van der Waals surface area contributed by atoms with Crippen LogP contribution in [-0.4, -0.2) is 41.7 Å². The van der Waals surface area contributed by atoms with Crippen molar-refractivity contribution in [1.29, 1.82) is 0 Å². The van der Waals surface area contributed by atoms with Crippen molar-refractivity contribution < 1.29 is 18.8 Å². The first-order valence-corrected chi connectivity index (χ1v) is 9.02. The van der Waals surface area contributed by atoms with Crippen LogP contribution >= 0.6 is 23.4 Å². The molecule has 8 heteroatoms. The molecule has 1 aliphatic heterocycles. The molecule has 4 amide bonds. The standard InChI is InChI=1S/C18H15ClN2O4S/c1-20-16(22)14(17(23)21(2)18(20)24)9-13-7-8-15(25-13)26-10-11-3-5-12(19)6-4-11/h3-9H,10H2,1-2H3. The van der Waals surface area contributed by atoms with Crippen LogP contribution in [0, 0.1) is 0 Å². The van der Waals surface area contributed by atoms with Gasteiger partial charge in [-0.3, -0.25) is 19.4 Å². The molecular formula is C18H15ClN2O4S. The van der Waals surface area contributed by atoms with Crippen molar-refractivity contribution >= 4 is 47.3 Å². The van der Waals surface area contributed by atoms with E-state index < -0.39 is 17.8 Å².